The monoisotopic (exact) mass is 467 g/mol. The second-order valence-electron chi connectivity index (χ2n) is 6.77. The molecule has 0 bridgehead atoms. The van der Waals surface area contributed by atoms with Crippen molar-refractivity contribution in [2.75, 3.05) is 10.0 Å². The number of aromatic nitrogens is 3. The Morgan fingerprint density at radius 3 is 2.48 bits per heavy atom. The second-order valence-corrected chi connectivity index (χ2v) is 8.46. The van der Waals surface area contributed by atoms with Gasteiger partial charge in [0.2, 0.25) is 5.95 Å². The Morgan fingerprint density at radius 1 is 1.03 bits per heavy atom. The lowest BCUT2D eigenvalue weighted by molar-refractivity contribution is -0.123. The van der Waals surface area contributed by atoms with Crippen molar-refractivity contribution in [2.45, 2.75) is 17.9 Å². The first-order valence-electron chi connectivity index (χ1n) is 9.57. The third kappa shape index (κ3) is 5.13. The number of carbonyl (C=O) groups is 2. The van der Waals surface area contributed by atoms with Gasteiger partial charge in [0.15, 0.2) is 18.1 Å². The molecule has 2 aromatic carbocycles. The summed E-state index contributed by atoms with van der Waals surface area (Å²) in [6, 6.07) is 11.6. The molecular weight excluding hydrogens is 450 g/mol. The number of nitrogens with zero attached hydrogens (tertiary/aromatic N) is 3. The number of hydrogen-bond acceptors (Lipinski definition) is 9. The fraction of sp³-hybridized carbons (Fsp3) is 0.0952. The van der Waals surface area contributed by atoms with Crippen molar-refractivity contribution in [3.8, 4) is 0 Å². The molecule has 1 unspecified atom stereocenters. The molecule has 0 spiro atoms. The third-order valence-electron chi connectivity index (χ3n) is 4.44. The topological polar surface area (TPSA) is 153 Å². The fourth-order valence-electron chi connectivity index (χ4n) is 2.76. The zero-order chi connectivity index (χ0) is 23.4. The zero-order valence-electron chi connectivity index (χ0n) is 17.1. The fourth-order valence-corrected chi connectivity index (χ4v) is 3.71. The Balaban J connectivity index is 1.37. The molecular formula is C21H17N5O6S. The molecule has 4 aromatic rings. The van der Waals surface area contributed by atoms with Gasteiger partial charge in [0.1, 0.15) is 5.52 Å². The van der Waals surface area contributed by atoms with Crippen LogP contribution in [0, 0.1) is 0 Å². The summed E-state index contributed by atoms with van der Waals surface area (Å²) >= 11 is 0. The molecule has 2 heterocycles. The van der Waals surface area contributed by atoms with Crippen LogP contribution in [0.3, 0.4) is 0 Å². The van der Waals surface area contributed by atoms with Crippen molar-refractivity contribution < 1.29 is 27.2 Å². The van der Waals surface area contributed by atoms with Gasteiger partial charge in [0, 0.05) is 18.1 Å². The van der Waals surface area contributed by atoms with Crippen molar-refractivity contribution in [3.05, 3.63) is 72.9 Å². The number of oxazole rings is 1. The molecule has 1 atom stereocenters. The van der Waals surface area contributed by atoms with Crippen molar-refractivity contribution >= 4 is 44.6 Å². The predicted octanol–water partition coefficient (Wildman–Crippen LogP) is 2.60. The molecule has 33 heavy (non-hydrogen) atoms. The number of amides is 1. The summed E-state index contributed by atoms with van der Waals surface area (Å²) in [5.41, 5.74) is 1.54. The van der Waals surface area contributed by atoms with E-state index in [0.29, 0.717) is 16.8 Å². The summed E-state index contributed by atoms with van der Waals surface area (Å²) in [6.07, 6.45) is 2.97. The first-order chi connectivity index (χ1) is 15.8. The van der Waals surface area contributed by atoms with E-state index >= 15 is 0 Å². The average Bonchev–Trinajstić information content (AvgIpc) is 3.27. The lowest BCUT2D eigenvalue weighted by atomic mass is 10.2. The standard InChI is InChI=1S/C21H17N5O6S/c1-13(32-20(28)14-3-8-17-18(11-14)31-12-24-17)19(27)25-15-4-6-16(7-5-15)33(29,30)26-21-22-9-2-10-23-21/h2-13H,1H3,(H,25,27)(H,22,23,26). The van der Waals surface area contributed by atoms with E-state index in [2.05, 4.69) is 25.0 Å². The Hall–Kier alpha value is -4.32. The molecule has 2 aromatic heterocycles. The van der Waals surface area contributed by atoms with E-state index in [-0.39, 0.29) is 16.4 Å². The minimum atomic E-state index is -3.90. The number of nitrogens with one attached hydrogen (secondary N) is 2. The Bertz CT molecular complexity index is 1400. The Labute approximate surface area is 187 Å². The lowest BCUT2D eigenvalue weighted by Gasteiger charge is -2.14. The summed E-state index contributed by atoms with van der Waals surface area (Å²) in [7, 11) is -3.90. The van der Waals surface area contributed by atoms with Crippen LogP contribution < -0.4 is 10.0 Å². The highest BCUT2D eigenvalue weighted by Crippen LogP contribution is 2.18. The van der Waals surface area contributed by atoms with Gasteiger partial charge in [0.05, 0.1) is 10.5 Å². The SMILES string of the molecule is CC(OC(=O)c1ccc2ncoc2c1)C(=O)Nc1ccc(S(=O)(=O)Nc2ncccn2)cc1. The highest BCUT2D eigenvalue weighted by atomic mass is 32.2. The molecule has 0 aliphatic heterocycles. The summed E-state index contributed by atoms with van der Waals surface area (Å²) < 4.78 is 37.5. The second kappa shape index (κ2) is 9.04. The number of esters is 1. The summed E-state index contributed by atoms with van der Waals surface area (Å²) in [5, 5.41) is 2.57. The minimum Gasteiger partial charge on any atom is -0.449 e. The highest BCUT2D eigenvalue weighted by Gasteiger charge is 2.20. The van der Waals surface area contributed by atoms with E-state index in [4.69, 9.17) is 9.15 Å². The van der Waals surface area contributed by atoms with Crippen LogP contribution in [0.5, 0.6) is 0 Å². The molecule has 1 amide bonds. The quantitative estimate of drug-likeness (QED) is 0.390. The molecule has 2 N–H and O–H groups in total. The number of anilines is 2. The van der Waals surface area contributed by atoms with Gasteiger partial charge in [-0.1, -0.05) is 0 Å². The Kier molecular flexibility index (Phi) is 6.00. The molecule has 0 aliphatic rings. The van der Waals surface area contributed by atoms with Crippen LogP contribution in [0.4, 0.5) is 11.6 Å². The number of ether oxygens (including phenoxy) is 1. The first-order valence-corrected chi connectivity index (χ1v) is 11.1. The maximum Gasteiger partial charge on any atom is 0.339 e. The van der Waals surface area contributed by atoms with Gasteiger partial charge < -0.3 is 14.5 Å². The number of benzene rings is 2. The Morgan fingerprint density at radius 2 is 1.76 bits per heavy atom. The minimum absolute atomic E-state index is 0.0461. The molecule has 0 aliphatic carbocycles. The van der Waals surface area contributed by atoms with Crippen LogP contribution in [0.25, 0.3) is 11.1 Å². The van der Waals surface area contributed by atoms with Gasteiger partial charge in [-0.2, -0.15) is 0 Å². The van der Waals surface area contributed by atoms with Crippen LogP contribution in [0.2, 0.25) is 0 Å². The van der Waals surface area contributed by atoms with Crippen LogP contribution in [-0.2, 0) is 19.6 Å². The van der Waals surface area contributed by atoms with Crippen molar-refractivity contribution in [1.82, 2.24) is 15.0 Å². The van der Waals surface area contributed by atoms with E-state index in [1.807, 2.05) is 0 Å². The van der Waals surface area contributed by atoms with Crippen molar-refractivity contribution in [3.63, 3.8) is 0 Å². The summed E-state index contributed by atoms with van der Waals surface area (Å²) in [4.78, 5) is 36.3. The van der Waals surface area contributed by atoms with Gasteiger partial charge in [-0.25, -0.2) is 32.9 Å². The number of hydrogen-bond donors (Lipinski definition) is 2. The molecule has 0 radical (unpaired) electrons. The molecule has 11 nitrogen and oxygen atoms in total. The van der Waals surface area contributed by atoms with Crippen molar-refractivity contribution in [2.24, 2.45) is 0 Å². The molecule has 4 rings (SSSR count). The maximum atomic E-state index is 12.4. The van der Waals surface area contributed by atoms with Crippen LogP contribution in [0.1, 0.15) is 17.3 Å². The number of fused-ring (bicyclic) bond motifs is 1. The number of sulfonamides is 1. The van der Waals surface area contributed by atoms with Gasteiger partial charge >= 0.3 is 5.97 Å². The van der Waals surface area contributed by atoms with E-state index in [1.165, 1.54) is 62.1 Å². The molecule has 0 saturated heterocycles. The van der Waals surface area contributed by atoms with Gasteiger partial charge in [-0.3, -0.25) is 4.79 Å². The molecule has 0 saturated carbocycles. The van der Waals surface area contributed by atoms with E-state index < -0.39 is 28.0 Å². The van der Waals surface area contributed by atoms with Crippen LogP contribution >= 0.6 is 0 Å². The van der Waals surface area contributed by atoms with Crippen LogP contribution in [-0.4, -0.2) is 41.4 Å². The first kappa shape index (κ1) is 21.9. The summed E-state index contributed by atoms with van der Waals surface area (Å²) in [6.45, 7) is 1.42. The maximum absolute atomic E-state index is 12.4. The van der Waals surface area contributed by atoms with Gasteiger partial charge in [0.25, 0.3) is 15.9 Å². The molecule has 12 heteroatoms. The van der Waals surface area contributed by atoms with E-state index in [0.717, 1.165) is 0 Å². The third-order valence-corrected chi connectivity index (χ3v) is 5.79. The highest BCUT2D eigenvalue weighted by molar-refractivity contribution is 7.92. The summed E-state index contributed by atoms with van der Waals surface area (Å²) in [5.74, 6) is -1.35. The molecule has 168 valence electrons. The number of rotatable bonds is 7. The number of carbonyl (C=O) groups excluding carboxylic acids is 2. The zero-order valence-corrected chi connectivity index (χ0v) is 17.9. The van der Waals surface area contributed by atoms with E-state index in [9.17, 15) is 18.0 Å². The smallest absolute Gasteiger partial charge is 0.339 e. The normalized spacial score (nSPS) is 12.2. The van der Waals surface area contributed by atoms with Gasteiger partial charge in [-0.15, -0.1) is 0 Å². The van der Waals surface area contributed by atoms with Crippen molar-refractivity contribution in [1.29, 1.82) is 0 Å². The average molecular weight is 467 g/mol. The predicted molar refractivity (Wildman–Crippen MR) is 117 cm³/mol. The largest absolute Gasteiger partial charge is 0.449 e. The van der Waals surface area contributed by atoms with Gasteiger partial charge in [-0.05, 0) is 55.5 Å². The molecule has 0 fully saturated rings. The van der Waals surface area contributed by atoms with Crippen LogP contribution in [0.15, 0.2) is 76.6 Å². The lowest BCUT2D eigenvalue weighted by Crippen LogP contribution is -2.30. The van der Waals surface area contributed by atoms with E-state index in [1.54, 1.807) is 12.1 Å².